The Bertz CT molecular complexity index is 3260. The molecular formula is C68H78F4N8O3. The van der Waals surface area contributed by atoms with E-state index in [2.05, 4.69) is 92.5 Å². The van der Waals surface area contributed by atoms with Crippen LogP contribution < -0.4 is 30.7 Å². The van der Waals surface area contributed by atoms with E-state index in [-0.39, 0.29) is 46.2 Å². The van der Waals surface area contributed by atoms with Crippen LogP contribution >= 0.6 is 0 Å². The van der Waals surface area contributed by atoms with E-state index in [0.29, 0.717) is 30.7 Å². The lowest BCUT2D eigenvalue weighted by molar-refractivity contribution is 0.104. The fourth-order valence-corrected chi connectivity index (χ4v) is 11.5. The number of anilines is 3. The fraction of sp³-hybridized carbons (Fsp3) is 0.368. The van der Waals surface area contributed by atoms with Crippen LogP contribution in [0, 0.1) is 23.3 Å². The lowest BCUT2D eigenvalue weighted by atomic mass is 9.96. The number of nitrogens with one attached hydrogen (secondary N) is 1. The Hall–Kier alpha value is -7.43. The molecule has 0 saturated carbocycles. The minimum Gasteiger partial charge on any atom is -0.493 e. The second kappa shape index (κ2) is 28.2. The molecule has 1 N–H and O–H groups in total. The van der Waals surface area contributed by atoms with Gasteiger partial charge in [0.25, 0.3) is 0 Å². The summed E-state index contributed by atoms with van der Waals surface area (Å²) in [5.74, 6) is 0.803. The predicted octanol–water partition coefficient (Wildman–Crippen LogP) is 11.9. The predicted molar refractivity (Wildman–Crippen MR) is 326 cm³/mol. The molecule has 3 aliphatic rings. The highest BCUT2D eigenvalue weighted by Crippen LogP contribution is 2.33. The highest BCUT2D eigenvalue weighted by atomic mass is 19.1. The van der Waals surface area contributed by atoms with Crippen molar-refractivity contribution in [1.29, 1.82) is 0 Å². The van der Waals surface area contributed by atoms with Crippen LogP contribution in [-0.2, 0) is 13.1 Å². The van der Waals surface area contributed by atoms with Gasteiger partial charge in [-0.1, -0.05) is 100 Å². The third kappa shape index (κ3) is 15.2. The zero-order chi connectivity index (χ0) is 58.6. The Labute approximate surface area is 486 Å². The van der Waals surface area contributed by atoms with Crippen molar-refractivity contribution >= 4 is 17.2 Å². The molecule has 6 aromatic carbocycles. The number of hydrogen-bond donors (Lipinski definition) is 1. The highest BCUT2D eigenvalue weighted by molar-refractivity contribution is 5.66. The molecule has 0 unspecified atom stereocenters. The Morgan fingerprint density at radius 2 is 0.867 bits per heavy atom. The van der Waals surface area contributed by atoms with Crippen molar-refractivity contribution in [2.75, 3.05) is 107 Å². The van der Waals surface area contributed by atoms with Gasteiger partial charge in [0.2, 0.25) is 10.9 Å². The summed E-state index contributed by atoms with van der Waals surface area (Å²) in [7, 11) is 1.54. The molecule has 11 nitrogen and oxygen atoms in total. The molecule has 1 aromatic heterocycles. The summed E-state index contributed by atoms with van der Waals surface area (Å²) in [5, 5.41) is 3.42. The third-order valence-corrected chi connectivity index (χ3v) is 16.3. The van der Waals surface area contributed by atoms with Gasteiger partial charge in [0.15, 0.2) is 11.6 Å². The van der Waals surface area contributed by atoms with Crippen molar-refractivity contribution in [2.24, 2.45) is 0 Å². The number of ether oxygens (including phenoxy) is 1. The van der Waals surface area contributed by atoms with Crippen LogP contribution in [-0.4, -0.2) is 117 Å². The van der Waals surface area contributed by atoms with Crippen LogP contribution in [0.3, 0.4) is 0 Å². The largest absolute Gasteiger partial charge is 0.493 e. The molecule has 436 valence electrons. The van der Waals surface area contributed by atoms with E-state index in [9.17, 15) is 27.2 Å². The van der Waals surface area contributed by atoms with Gasteiger partial charge in [0.05, 0.1) is 30.6 Å². The first-order valence-electron chi connectivity index (χ1n) is 29.2. The topological polar surface area (TPSA) is 87.7 Å². The summed E-state index contributed by atoms with van der Waals surface area (Å²) in [4.78, 5) is 45.8. The number of halogens is 4. The van der Waals surface area contributed by atoms with Crippen molar-refractivity contribution < 1.29 is 22.3 Å². The number of hydrogen-bond acceptors (Lipinski definition) is 11. The minimum absolute atomic E-state index is 0.0719. The van der Waals surface area contributed by atoms with Gasteiger partial charge in [-0.3, -0.25) is 29.2 Å². The van der Waals surface area contributed by atoms with Gasteiger partial charge in [-0.2, -0.15) is 0 Å². The minimum atomic E-state index is -0.281. The summed E-state index contributed by atoms with van der Waals surface area (Å²) >= 11 is 0. The van der Waals surface area contributed by atoms with Crippen molar-refractivity contribution in [3.05, 3.63) is 240 Å². The van der Waals surface area contributed by atoms with Crippen LogP contribution in [0.15, 0.2) is 161 Å². The molecule has 0 amide bonds. The normalized spacial score (nSPS) is 15.7. The van der Waals surface area contributed by atoms with Gasteiger partial charge in [0.1, 0.15) is 23.3 Å². The summed E-state index contributed by atoms with van der Waals surface area (Å²) in [6, 6.07) is 42.0. The van der Waals surface area contributed by atoms with Crippen molar-refractivity contribution in [2.45, 2.75) is 71.6 Å². The molecule has 0 spiro atoms. The second-order valence-electron chi connectivity index (χ2n) is 22.4. The van der Waals surface area contributed by atoms with E-state index in [4.69, 9.17) is 4.74 Å². The number of rotatable bonds is 17. The Morgan fingerprint density at radius 1 is 0.482 bits per heavy atom. The van der Waals surface area contributed by atoms with E-state index >= 15 is 0 Å². The van der Waals surface area contributed by atoms with E-state index in [1.165, 1.54) is 55.6 Å². The quantitative estimate of drug-likeness (QED) is 0.0885. The number of aromatic nitrogens is 1. The first kappa shape index (κ1) is 60.2. The van der Waals surface area contributed by atoms with Gasteiger partial charge in [-0.15, -0.1) is 0 Å². The Morgan fingerprint density at radius 3 is 1.27 bits per heavy atom. The smallest absolute Gasteiger partial charge is 0.224 e. The molecule has 15 heteroatoms. The molecule has 83 heavy (non-hydrogen) atoms. The van der Waals surface area contributed by atoms with Crippen LogP contribution in [0.25, 0.3) is 0 Å². The molecule has 4 heterocycles. The maximum absolute atomic E-state index is 14.2. The van der Waals surface area contributed by atoms with Crippen LogP contribution in [0.1, 0.15) is 103 Å². The molecule has 0 bridgehead atoms. The third-order valence-electron chi connectivity index (χ3n) is 16.3. The lowest BCUT2D eigenvalue weighted by Gasteiger charge is -2.40. The molecule has 0 atom stereocenters. The zero-order valence-corrected chi connectivity index (χ0v) is 48.7. The highest BCUT2D eigenvalue weighted by Gasteiger charge is 2.30. The van der Waals surface area contributed by atoms with E-state index in [1.807, 2.05) is 60.8 Å². The number of nitrogens with zero attached hydrogens (tertiary/aromatic N) is 7. The monoisotopic (exact) mass is 1130 g/mol. The molecule has 3 fully saturated rings. The second-order valence-corrected chi connectivity index (χ2v) is 22.4. The standard InChI is InChI=1S/C39H46F2N6O.C29H32F2N2O2/c1-4-42-35-6-5-17-43-39(35)47-24-22-45(23-25-47)36-26-31(28(2)3)7-8-32(38(36)48)27-44-18-20-46(21-19-44)37(29-9-13-33(40)14-10-29)30-11-15-34(41)16-12-30;1-20(2)23-4-5-24(29(34)27(18-23)35-3)19-32-14-16-33(17-15-32)28(21-6-10-25(30)11-7-21)22-8-12-26(31)13-9-22/h5-17,26,28,37,42H,4,18-25,27H2,1-3H3;4-13,18,20,28H,14-17,19H2,1-3H3. The molecule has 3 aliphatic heterocycles. The van der Waals surface area contributed by atoms with Gasteiger partial charge >= 0.3 is 0 Å². The van der Waals surface area contributed by atoms with Gasteiger partial charge in [-0.05, 0) is 125 Å². The summed E-state index contributed by atoms with van der Waals surface area (Å²) < 4.78 is 60.2. The van der Waals surface area contributed by atoms with Gasteiger partial charge < -0.3 is 19.9 Å². The SMILES string of the molecule is CCNc1cccnc1N1CCN(c2cc(C(C)C)ccc(CN3CCN(C(c4ccc(F)cc4)c4ccc(F)cc4)CC3)c2=O)CC1.COc1cc(C(C)C)ccc(CN2CCN(C(c3ccc(F)cc3)c3ccc(F)cc3)CC2)c1=O. The van der Waals surface area contributed by atoms with Crippen LogP contribution in [0.2, 0.25) is 0 Å². The molecule has 3 saturated heterocycles. The van der Waals surface area contributed by atoms with Gasteiger partial charge in [-0.25, -0.2) is 22.5 Å². The molecule has 0 radical (unpaired) electrons. The molecule has 10 rings (SSSR count). The first-order chi connectivity index (χ1) is 40.2. The summed E-state index contributed by atoms with van der Waals surface area (Å²) in [6.07, 6.45) is 1.84. The summed E-state index contributed by atoms with van der Waals surface area (Å²) in [5.41, 5.74) is 9.46. The lowest BCUT2D eigenvalue weighted by Crippen LogP contribution is -2.49. The average molecular weight is 1130 g/mol. The summed E-state index contributed by atoms with van der Waals surface area (Å²) in [6.45, 7) is 21.8. The maximum Gasteiger partial charge on any atom is 0.224 e. The number of benzene rings is 4. The Balaban J connectivity index is 0.000000210. The van der Waals surface area contributed by atoms with Crippen molar-refractivity contribution in [1.82, 2.24) is 24.6 Å². The number of methoxy groups -OCH3 is 1. The molecule has 0 aliphatic carbocycles. The maximum atomic E-state index is 14.2. The van der Waals surface area contributed by atoms with E-state index in [0.717, 1.165) is 147 Å². The number of pyridine rings is 1. The first-order valence-corrected chi connectivity index (χ1v) is 29.2. The fourth-order valence-electron chi connectivity index (χ4n) is 11.5. The van der Waals surface area contributed by atoms with E-state index < -0.39 is 0 Å². The molecule has 7 aromatic rings. The van der Waals surface area contributed by atoms with Crippen molar-refractivity contribution in [3.63, 3.8) is 0 Å². The average Bonchev–Trinajstić information content (AvgIpc) is 4.01. The zero-order valence-electron chi connectivity index (χ0n) is 48.7. The van der Waals surface area contributed by atoms with E-state index in [1.54, 1.807) is 24.3 Å². The van der Waals surface area contributed by atoms with Crippen LogP contribution in [0.5, 0.6) is 5.75 Å². The molecular weight excluding hydrogens is 1050 g/mol. The van der Waals surface area contributed by atoms with Crippen molar-refractivity contribution in [3.8, 4) is 5.75 Å². The Kier molecular flexibility index (Phi) is 20.5. The number of piperazine rings is 3. The van der Waals surface area contributed by atoms with Gasteiger partial charge in [0, 0.05) is 115 Å². The van der Waals surface area contributed by atoms with Crippen LogP contribution in [0.4, 0.5) is 34.8 Å².